The Kier molecular flexibility index (Phi) is 6.74. The zero-order chi connectivity index (χ0) is 19.1. The van der Waals surface area contributed by atoms with Crippen LogP contribution in [0, 0.1) is 0 Å². The topological polar surface area (TPSA) is 48.7 Å². The zero-order valence-electron chi connectivity index (χ0n) is 16.8. The summed E-state index contributed by atoms with van der Waals surface area (Å²) in [4.78, 5) is 9.28. The Bertz CT molecular complexity index is 723. The van der Waals surface area contributed by atoms with Gasteiger partial charge in [0.05, 0.1) is 6.20 Å². The summed E-state index contributed by atoms with van der Waals surface area (Å²) in [6.45, 7) is 7.27. The Morgan fingerprint density at radius 3 is 2.81 bits per heavy atom. The van der Waals surface area contributed by atoms with Crippen molar-refractivity contribution in [3.05, 3.63) is 48.3 Å². The quantitative estimate of drug-likeness (QED) is 0.464. The van der Waals surface area contributed by atoms with Crippen molar-refractivity contribution in [3.63, 3.8) is 0 Å². The SMILES string of the molecule is CCN(CCCNC(=NC)N1CCC(c2cnn(C)c2)C1)c1ccccc1. The van der Waals surface area contributed by atoms with Crippen molar-refractivity contribution in [1.82, 2.24) is 20.0 Å². The number of guanidine groups is 1. The van der Waals surface area contributed by atoms with Crippen molar-refractivity contribution < 1.29 is 0 Å². The number of benzene rings is 1. The molecule has 1 aromatic heterocycles. The molecule has 0 radical (unpaired) electrons. The largest absolute Gasteiger partial charge is 0.372 e. The summed E-state index contributed by atoms with van der Waals surface area (Å²) in [5.41, 5.74) is 2.63. The highest BCUT2D eigenvalue weighted by atomic mass is 15.3. The van der Waals surface area contributed by atoms with E-state index in [9.17, 15) is 0 Å². The molecule has 1 fully saturated rings. The molecule has 1 N–H and O–H groups in total. The molecule has 0 bridgehead atoms. The molecular weight excluding hydrogens is 336 g/mol. The third-order valence-electron chi connectivity index (χ3n) is 5.29. The molecule has 1 atom stereocenters. The summed E-state index contributed by atoms with van der Waals surface area (Å²) in [5.74, 6) is 1.56. The van der Waals surface area contributed by atoms with Gasteiger partial charge in [-0.2, -0.15) is 5.10 Å². The summed E-state index contributed by atoms with van der Waals surface area (Å²) in [6.07, 6.45) is 6.37. The number of para-hydroxylation sites is 1. The van der Waals surface area contributed by atoms with Crippen LogP contribution in [-0.2, 0) is 7.05 Å². The summed E-state index contributed by atoms with van der Waals surface area (Å²) < 4.78 is 1.89. The fourth-order valence-corrected chi connectivity index (χ4v) is 3.79. The van der Waals surface area contributed by atoms with Crippen LogP contribution in [0.25, 0.3) is 0 Å². The second-order valence-electron chi connectivity index (χ2n) is 7.12. The molecule has 0 amide bonds. The lowest BCUT2D eigenvalue weighted by Crippen LogP contribution is -2.41. The lowest BCUT2D eigenvalue weighted by molar-refractivity contribution is 0.485. The summed E-state index contributed by atoms with van der Waals surface area (Å²) in [5, 5.41) is 7.86. The van der Waals surface area contributed by atoms with Crippen molar-refractivity contribution in [1.29, 1.82) is 0 Å². The predicted molar refractivity (Wildman–Crippen MR) is 112 cm³/mol. The molecule has 1 unspecified atom stereocenters. The van der Waals surface area contributed by atoms with Crippen LogP contribution in [0.1, 0.15) is 31.2 Å². The number of hydrogen-bond donors (Lipinski definition) is 1. The normalized spacial score (nSPS) is 17.4. The van der Waals surface area contributed by atoms with Crippen LogP contribution >= 0.6 is 0 Å². The van der Waals surface area contributed by atoms with Crippen molar-refractivity contribution in [3.8, 4) is 0 Å². The molecule has 0 aliphatic carbocycles. The van der Waals surface area contributed by atoms with E-state index in [0.29, 0.717) is 5.92 Å². The maximum absolute atomic E-state index is 4.50. The molecule has 2 heterocycles. The van der Waals surface area contributed by atoms with Gasteiger partial charge in [0, 0.05) is 64.6 Å². The number of aryl methyl sites for hydroxylation is 1. The molecule has 0 saturated carbocycles. The van der Waals surface area contributed by atoms with Gasteiger partial charge in [0.25, 0.3) is 0 Å². The number of aliphatic imine (C=N–C) groups is 1. The maximum atomic E-state index is 4.50. The standard InChI is InChI=1S/C21H32N6/c1-4-26(20-9-6-5-7-10-20)13-8-12-23-21(22-2)27-14-11-18(17-27)19-15-24-25(3)16-19/h5-7,9-10,15-16,18H,4,8,11-14,17H2,1-3H3,(H,22,23). The van der Waals surface area contributed by atoms with E-state index in [-0.39, 0.29) is 0 Å². The summed E-state index contributed by atoms with van der Waals surface area (Å²) in [7, 11) is 3.85. The first-order valence-corrected chi connectivity index (χ1v) is 9.95. The molecule has 0 spiro atoms. The van der Waals surface area contributed by atoms with E-state index in [2.05, 4.69) is 68.7 Å². The first-order chi connectivity index (χ1) is 13.2. The van der Waals surface area contributed by atoms with Crippen molar-refractivity contribution in [2.24, 2.45) is 12.0 Å². The highest BCUT2D eigenvalue weighted by molar-refractivity contribution is 5.80. The number of nitrogens with zero attached hydrogens (tertiary/aromatic N) is 5. The first-order valence-electron chi connectivity index (χ1n) is 9.95. The van der Waals surface area contributed by atoms with Crippen molar-refractivity contribution in [2.75, 3.05) is 44.7 Å². The molecule has 27 heavy (non-hydrogen) atoms. The third-order valence-corrected chi connectivity index (χ3v) is 5.29. The molecule has 2 aromatic rings. The average Bonchev–Trinajstić information content (AvgIpc) is 3.35. The van der Waals surface area contributed by atoms with Crippen LogP contribution in [0.2, 0.25) is 0 Å². The van der Waals surface area contributed by atoms with Gasteiger partial charge in [0.2, 0.25) is 0 Å². The van der Waals surface area contributed by atoms with E-state index >= 15 is 0 Å². The van der Waals surface area contributed by atoms with Crippen LogP contribution in [0.4, 0.5) is 5.69 Å². The van der Waals surface area contributed by atoms with Gasteiger partial charge >= 0.3 is 0 Å². The van der Waals surface area contributed by atoms with E-state index in [1.165, 1.54) is 11.3 Å². The molecule has 1 aromatic carbocycles. The maximum Gasteiger partial charge on any atom is 0.193 e. The molecule has 6 heteroatoms. The molecule has 1 aliphatic heterocycles. The Labute approximate surface area is 162 Å². The van der Waals surface area contributed by atoms with E-state index in [0.717, 1.165) is 51.5 Å². The van der Waals surface area contributed by atoms with Crippen LogP contribution < -0.4 is 10.2 Å². The Balaban J connectivity index is 1.44. The fraction of sp³-hybridized carbons (Fsp3) is 0.524. The second-order valence-corrected chi connectivity index (χ2v) is 7.12. The van der Waals surface area contributed by atoms with Gasteiger partial charge in [0.15, 0.2) is 5.96 Å². The Morgan fingerprint density at radius 1 is 1.33 bits per heavy atom. The number of rotatable bonds is 7. The molecule has 1 saturated heterocycles. The number of likely N-dealkylation sites (tertiary alicyclic amines) is 1. The van der Waals surface area contributed by atoms with Gasteiger partial charge in [0.1, 0.15) is 0 Å². The number of anilines is 1. The number of aromatic nitrogens is 2. The lowest BCUT2D eigenvalue weighted by atomic mass is 10.0. The van der Waals surface area contributed by atoms with Crippen LogP contribution in [0.15, 0.2) is 47.7 Å². The highest BCUT2D eigenvalue weighted by Gasteiger charge is 2.26. The monoisotopic (exact) mass is 368 g/mol. The number of nitrogens with one attached hydrogen (secondary N) is 1. The highest BCUT2D eigenvalue weighted by Crippen LogP contribution is 2.26. The zero-order valence-corrected chi connectivity index (χ0v) is 16.8. The Hall–Kier alpha value is -2.50. The van der Waals surface area contributed by atoms with Gasteiger partial charge in [-0.1, -0.05) is 18.2 Å². The minimum Gasteiger partial charge on any atom is -0.372 e. The van der Waals surface area contributed by atoms with Gasteiger partial charge < -0.3 is 15.1 Å². The van der Waals surface area contributed by atoms with Crippen LogP contribution in [-0.4, -0.2) is 60.4 Å². The lowest BCUT2D eigenvalue weighted by Gasteiger charge is -2.25. The summed E-state index contributed by atoms with van der Waals surface area (Å²) in [6, 6.07) is 10.6. The van der Waals surface area contributed by atoms with Crippen LogP contribution in [0.5, 0.6) is 0 Å². The summed E-state index contributed by atoms with van der Waals surface area (Å²) >= 11 is 0. The smallest absolute Gasteiger partial charge is 0.193 e. The van der Waals surface area contributed by atoms with Gasteiger partial charge in [-0.25, -0.2) is 0 Å². The van der Waals surface area contributed by atoms with E-state index in [1.54, 1.807) is 0 Å². The third kappa shape index (κ3) is 5.02. The minimum absolute atomic E-state index is 0.547. The van der Waals surface area contributed by atoms with Gasteiger partial charge in [-0.3, -0.25) is 9.67 Å². The van der Waals surface area contributed by atoms with Crippen molar-refractivity contribution in [2.45, 2.75) is 25.7 Å². The van der Waals surface area contributed by atoms with E-state index < -0.39 is 0 Å². The molecule has 1 aliphatic rings. The minimum atomic E-state index is 0.547. The Morgan fingerprint density at radius 2 is 2.15 bits per heavy atom. The molecular formula is C21H32N6. The van der Waals surface area contributed by atoms with Crippen LogP contribution in [0.3, 0.4) is 0 Å². The van der Waals surface area contributed by atoms with Gasteiger partial charge in [-0.05, 0) is 37.5 Å². The molecule has 3 rings (SSSR count). The molecule has 6 nitrogen and oxygen atoms in total. The average molecular weight is 369 g/mol. The molecule has 146 valence electrons. The van der Waals surface area contributed by atoms with E-state index in [1.807, 2.05) is 25.0 Å². The van der Waals surface area contributed by atoms with E-state index in [4.69, 9.17) is 0 Å². The second kappa shape index (κ2) is 9.44. The first kappa shape index (κ1) is 19.3. The van der Waals surface area contributed by atoms with Crippen molar-refractivity contribution >= 4 is 11.6 Å². The fourth-order valence-electron chi connectivity index (χ4n) is 3.79. The predicted octanol–water partition coefficient (Wildman–Crippen LogP) is 2.70. The van der Waals surface area contributed by atoms with Gasteiger partial charge in [-0.15, -0.1) is 0 Å². The number of hydrogen-bond acceptors (Lipinski definition) is 3.